The lowest BCUT2D eigenvalue weighted by Gasteiger charge is -2.44. The highest BCUT2D eigenvalue weighted by molar-refractivity contribution is 7.80. The molecular weight excluding hydrogens is 387 g/mol. The summed E-state index contributed by atoms with van der Waals surface area (Å²) in [6.45, 7) is 3.84. The SMILES string of the molecule is COC(=O)C1=NOC2C=C(C)NC2(C)C1P(=O)(c1ccccc1)c1ccccc1. The van der Waals surface area contributed by atoms with Crippen LogP contribution >= 0.6 is 7.14 Å². The molecule has 7 heteroatoms. The first kappa shape index (κ1) is 19.5. The average molecular weight is 410 g/mol. The minimum atomic E-state index is -3.39. The Balaban J connectivity index is 2.01. The van der Waals surface area contributed by atoms with Gasteiger partial charge in [0.1, 0.15) is 5.66 Å². The summed E-state index contributed by atoms with van der Waals surface area (Å²) < 4.78 is 20.0. The average Bonchev–Trinajstić information content (AvgIpc) is 3.06. The molecule has 0 fully saturated rings. The number of methoxy groups -OCH3 is 1. The Bertz CT molecular complexity index is 992. The molecule has 1 N–H and O–H groups in total. The lowest BCUT2D eigenvalue weighted by molar-refractivity contribution is -0.133. The predicted molar refractivity (Wildman–Crippen MR) is 113 cm³/mol. The van der Waals surface area contributed by atoms with Crippen LogP contribution in [0.5, 0.6) is 0 Å². The van der Waals surface area contributed by atoms with Gasteiger partial charge in [0.25, 0.3) is 0 Å². The number of carbonyl (C=O) groups is 1. The highest BCUT2D eigenvalue weighted by Gasteiger charge is 2.60. The molecular formula is C22H23N2O4P. The minimum Gasteiger partial charge on any atom is -0.464 e. The number of allylic oxidation sites excluding steroid dienone is 1. The second kappa shape index (κ2) is 7.20. The van der Waals surface area contributed by atoms with Crippen LogP contribution in [0.15, 0.2) is 77.6 Å². The summed E-state index contributed by atoms with van der Waals surface area (Å²) >= 11 is 0. The second-order valence-electron chi connectivity index (χ2n) is 7.48. The second-order valence-corrected chi connectivity index (χ2v) is 10.3. The zero-order valence-electron chi connectivity index (χ0n) is 16.5. The van der Waals surface area contributed by atoms with E-state index in [2.05, 4.69) is 10.5 Å². The Morgan fingerprint density at radius 1 is 1.10 bits per heavy atom. The van der Waals surface area contributed by atoms with E-state index in [0.29, 0.717) is 10.6 Å². The molecule has 2 aromatic carbocycles. The summed E-state index contributed by atoms with van der Waals surface area (Å²) in [6, 6.07) is 18.5. The predicted octanol–water partition coefficient (Wildman–Crippen LogP) is 2.56. The quantitative estimate of drug-likeness (QED) is 0.619. The molecule has 2 aliphatic rings. The van der Waals surface area contributed by atoms with Crippen molar-refractivity contribution in [2.75, 3.05) is 7.11 Å². The van der Waals surface area contributed by atoms with Crippen LogP contribution in [0.25, 0.3) is 0 Å². The van der Waals surface area contributed by atoms with Gasteiger partial charge in [0.05, 0.1) is 12.6 Å². The number of rotatable bonds is 4. The van der Waals surface area contributed by atoms with Gasteiger partial charge in [-0.3, -0.25) is 0 Å². The van der Waals surface area contributed by atoms with Gasteiger partial charge < -0.3 is 19.5 Å². The van der Waals surface area contributed by atoms with E-state index >= 15 is 4.57 Å². The maximum atomic E-state index is 15.0. The van der Waals surface area contributed by atoms with Crippen LogP contribution in [-0.4, -0.2) is 36.1 Å². The molecule has 0 aromatic heterocycles. The molecule has 0 spiro atoms. The van der Waals surface area contributed by atoms with Crippen molar-refractivity contribution in [1.82, 2.24) is 5.32 Å². The number of nitrogens with one attached hydrogen (secondary N) is 1. The lowest BCUT2D eigenvalue weighted by atomic mass is 9.89. The topological polar surface area (TPSA) is 77.0 Å². The molecule has 0 saturated carbocycles. The Morgan fingerprint density at radius 2 is 1.66 bits per heavy atom. The first-order chi connectivity index (χ1) is 13.9. The monoisotopic (exact) mass is 410 g/mol. The van der Waals surface area contributed by atoms with Gasteiger partial charge in [0.15, 0.2) is 19.0 Å². The maximum Gasteiger partial charge on any atom is 0.356 e. The molecule has 0 saturated heterocycles. The Labute approximate surface area is 170 Å². The van der Waals surface area contributed by atoms with Crippen LogP contribution in [0.4, 0.5) is 0 Å². The van der Waals surface area contributed by atoms with Gasteiger partial charge in [-0.05, 0) is 19.9 Å². The molecule has 29 heavy (non-hydrogen) atoms. The van der Waals surface area contributed by atoms with Crippen molar-refractivity contribution in [3.8, 4) is 0 Å². The van der Waals surface area contributed by atoms with E-state index in [9.17, 15) is 4.79 Å². The van der Waals surface area contributed by atoms with Gasteiger partial charge in [0, 0.05) is 16.3 Å². The number of nitrogens with zero attached hydrogens (tertiary/aromatic N) is 1. The van der Waals surface area contributed by atoms with Gasteiger partial charge in [-0.15, -0.1) is 0 Å². The van der Waals surface area contributed by atoms with Crippen molar-refractivity contribution in [2.24, 2.45) is 5.16 Å². The van der Waals surface area contributed by atoms with Gasteiger partial charge in [-0.25, -0.2) is 4.79 Å². The van der Waals surface area contributed by atoms with Crippen molar-refractivity contribution >= 4 is 29.4 Å². The Morgan fingerprint density at radius 3 is 2.17 bits per heavy atom. The van der Waals surface area contributed by atoms with E-state index in [1.165, 1.54) is 7.11 Å². The maximum absolute atomic E-state index is 15.0. The third-order valence-corrected chi connectivity index (χ3v) is 9.23. The standard InChI is InChI=1S/C22H23N2O4P/c1-15-14-18-22(2,23-15)20(19(24-28-18)21(25)27-3)29(26,16-10-6-4-7-11-16)17-12-8-5-9-13-17/h4-14,18,20,23H,1-3H3. The first-order valence-electron chi connectivity index (χ1n) is 9.41. The Kier molecular flexibility index (Phi) is 4.83. The molecule has 0 bridgehead atoms. The summed E-state index contributed by atoms with van der Waals surface area (Å²) in [5.74, 6) is -0.645. The summed E-state index contributed by atoms with van der Waals surface area (Å²) in [5.41, 5.74) is -0.703. The van der Waals surface area contributed by atoms with E-state index < -0.39 is 30.4 Å². The van der Waals surface area contributed by atoms with Crippen LogP contribution in [-0.2, 0) is 18.9 Å². The fourth-order valence-electron chi connectivity index (χ4n) is 4.30. The molecule has 4 rings (SSSR count). The molecule has 2 aliphatic heterocycles. The molecule has 2 heterocycles. The summed E-state index contributed by atoms with van der Waals surface area (Å²) in [6.07, 6.45) is 1.45. The number of benzene rings is 2. The molecule has 3 unspecified atom stereocenters. The van der Waals surface area contributed by atoms with Crippen LogP contribution in [0.2, 0.25) is 0 Å². The summed E-state index contributed by atoms with van der Waals surface area (Å²) in [5, 5.41) is 8.83. The first-order valence-corrected chi connectivity index (χ1v) is 11.2. The highest BCUT2D eigenvalue weighted by Crippen LogP contribution is 2.56. The smallest absolute Gasteiger partial charge is 0.356 e. The molecule has 0 aliphatic carbocycles. The normalized spacial score (nSPS) is 25.8. The number of hydrogen-bond acceptors (Lipinski definition) is 6. The van der Waals surface area contributed by atoms with E-state index in [1.54, 1.807) is 0 Å². The number of carbonyl (C=O) groups excluding carboxylic acids is 1. The van der Waals surface area contributed by atoms with Crippen molar-refractivity contribution < 1.29 is 18.9 Å². The number of esters is 1. The van der Waals surface area contributed by atoms with E-state index in [4.69, 9.17) is 9.57 Å². The van der Waals surface area contributed by atoms with Crippen LogP contribution in [0.3, 0.4) is 0 Å². The molecule has 150 valence electrons. The van der Waals surface area contributed by atoms with Crippen molar-refractivity contribution in [2.45, 2.75) is 31.1 Å². The molecule has 0 amide bonds. The van der Waals surface area contributed by atoms with Crippen LogP contribution in [0, 0.1) is 0 Å². The third kappa shape index (κ3) is 2.99. The molecule has 6 nitrogen and oxygen atoms in total. The van der Waals surface area contributed by atoms with Crippen molar-refractivity contribution in [3.63, 3.8) is 0 Å². The zero-order chi connectivity index (χ0) is 20.6. The summed E-state index contributed by atoms with van der Waals surface area (Å²) in [7, 11) is -2.10. The molecule has 3 atom stereocenters. The largest absolute Gasteiger partial charge is 0.464 e. The highest BCUT2D eigenvalue weighted by atomic mass is 31.2. The number of oxime groups is 1. The van der Waals surface area contributed by atoms with Gasteiger partial charge in [-0.2, -0.15) is 0 Å². The van der Waals surface area contributed by atoms with E-state index in [1.807, 2.05) is 80.6 Å². The third-order valence-electron chi connectivity index (χ3n) is 5.59. The fraction of sp³-hybridized carbons (Fsp3) is 0.273. The Hall–Kier alpha value is -2.85. The number of hydrogen-bond donors (Lipinski definition) is 1. The number of fused-ring (bicyclic) bond motifs is 1. The summed E-state index contributed by atoms with van der Waals surface area (Å²) in [4.78, 5) is 18.3. The van der Waals surface area contributed by atoms with E-state index in [0.717, 1.165) is 5.70 Å². The van der Waals surface area contributed by atoms with E-state index in [-0.39, 0.29) is 5.71 Å². The van der Waals surface area contributed by atoms with Gasteiger partial charge in [-0.1, -0.05) is 65.8 Å². The van der Waals surface area contributed by atoms with Crippen molar-refractivity contribution in [1.29, 1.82) is 0 Å². The molecule has 2 aromatic rings. The fourth-order valence-corrected chi connectivity index (χ4v) is 7.89. The minimum absolute atomic E-state index is 0.0258. The zero-order valence-corrected chi connectivity index (χ0v) is 17.4. The van der Waals surface area contributed by atoms with Crippen LogP contribution in [0.1, 0.15) is 13.8 Å². The molecule has 0 radical (unpaired) electrons. The van der Waals surface area contributed by atoms with Crippen molar-refractivity contribution in [3.05, 3.63) is 72.4 Å². The van der Waals surface area contributed by atoms with Gasteiger partial charge >= 0.3 is 5.97 Å². The number of ether oxygens (including phenoxy) is 1. The van der Waals surface area contributed by atoms with Gasteiger partial charge in [0.2, 0.25) is 0 Å². The lowest BCUT2D eigenvalue weighted by Crippen LogP contribution is -2.63. The van der Waals surface area contributed by atoms with Crippen LogP contribution < -0.4 is 15.9 Å².